The molecule has 0 saturated carbocycles. The third-order valence-corrected chi connectivity index (χ3v) is 4.53. The number of methoxy groups -OCH3 is 1. The average molecular weight is 416 g/mol. The predicted molar refractivity (Wildman–Crippen MR) is 108 cm³/mol. The van der Waals surface area contributed by atoms with Crippen LogP contribution in [0.15, 0.2) is 53.9 Å². The lowest BCUT2D eigenvalue weighted by atomic mass is 10.0. The second-order valence-electron chi connectivity index (χ2n) is 7.40. The first-order chi connectivity index (χ1) is 14.2. The van der Waals surface area contributed by atoms with Crippen LogP contribution in [-0.4, -0.2) is 59.3 Å². The Labute approximate surface area is 176 Å². The normalized spacial score (nSPS) is 21.0. The van der Waals surface area contributed by atoms with Gasteiger partial charge in [0.15, 0.2) is 5.79 Å². The first-order valence-electron chi connectivity index (χ1n) is 9.52. The minimum Gasteiger partial charge on any atom is -0.386 e. The van der Waals surface area contributed by atoms with Crippen LogP contribution < -0.4 is 0 Å². The Morgan fingerprint density at radius 1 is 1.40 bits per heavy atom. The van der Waals surface area contributed by atoms with Gasteiger partial charge in [-0.2, -0.15) is 5.26 Å². The lowest BCUT2D eigenvalue weighted by Crippen LogP contribution is -2.33. The topological polar surface area (TPSA) is 112 Å². The molecule has 3 atom stereocenters. The second kappa shape index (κ2) is 10.5. The van der Waals surface area contributed by atoms with E-state index in [9.17, 15) is 20.3 Å². The van der Waals surface area contributed by atoms with Crippen LogP contribution in [0, 0.1) is 11.3 Å². The van der Waals surface area contributed by atoms with Crippen molar-refractivity contribution in [1.82, 2.24) is 4.90 Å². The van der Waals surface area contributed by atoms with Crippen LogP contribution in [0.2, 0.25) is 0 Å². The van der Waals surface area contributed by atoms with E-state index in [0.29, 0.717) is 11.1 Å². The summed E-state index contributed by atoms with van der Waals surface area (Å²) in [6.45, 7) is 4.96. The number of aliphatic hydroxyl groups excluding tert-OH is 2. The quantitative estimate of drug-likeness (QED) is 0.624. The SMILES string of the molecule is COCC(=O)N(/C=C(\C)[C@H](O)c1ccccc1)/C(C#N)=C\[C@H](O)[C@H]1COC(C)(C)O1. The van der Waals surface area contributed by atoms with Gasteiger partial charge in [-0.1, -0.05) is 30.3 Å². The highest BCUT2D eigenvalue weighted by Crippen LogP contribution is 2.26. The maximum Gasteiger partial charge on any atom is 0.257 e. The molecule has 1 amide bonds. The zero-order valence-corrected chi connectivity index (χ0v) is 17.6. The van der Waals surface area contributed by atoms with Crippen LogP contribution >= 0.6 is 0 Å². The third kappa shape index (κ3) is 6.23. The maximum absolute atomic E-state index is 12.6. The van der Waals surface area contributed by atoms with Gasteiger partial charge in [0.2, 0.25) is 0 Å². The van der Waals surface area contributed by atoms with E-state index >= 15 is 0 Å². The molecule has 0 spiro atoms. The van der Waals surface area contributed by atoms with E-state index in [1.807, 2.05) is 12.1 Å². The number of amides is 1. The zero-order valence-electron chi connectivity index (χ0n) is 17.6. The molecule has 0 aliphatic carbocycles. The molecule has 0 aromatic heterocycles. The van der Waals surface area contributed by atoms with Crippen LogP contribution in [0.1, 0.15) is 32.4 Å². The standard InChI is InChI=1S/C22H28N2O6/c1-15(21(27)16-8-6-5-7-9-16)12-24(20(26)14-28-4)17(11-23)10-18(25)19-13-29-22(2,3)30-19/h5-10,12,18-19,21,25,27H,13-14H2,1-4H3/b15-12+,17-10-/t18-,19+,21-/m0/s1. The van der Waals surface area contributed by atoms with Crippen molar-refractivity contribution in [1.29, 1.82) is 5.26 Å². The highest BCUT2D eigenvalue weighted by atomic mass is 16.7. The number of hydrogen-bond acceptors (Lipinski definition) is 7. The van der Waals surface area contributed by atoms with E-state index in [2.05, 4.69) is 0 Å². The van der Waals surface area contributed by atoms with Crippen LogP contribution in [0.4, 0.5) is 0 Å². The van der Waals surface area contributed by atoms with Gasteiger partial charge < -0.3 is 24.4 Å². The van der Waals surface area contributed by atoms with Gasteiger partial charge in [-0.25, -0.2) is 0 Å². The monoisotopic (exact) mass is 416 g/mol. The summed E-state index contributed by atoms with van der Waals surface area (Å²) in [7, 11) is 1.36. The Bertz CT molecular complexity index is 828. The van der Waals surface area contributed by atoms with Crippen molar-refractivity contribution < 1.29 is 29.2 Å². The van der Waals surface area contributed by atoms with Crippen molar-refractivity contribution in [3.8, 4) is 6.07 Å². The number of nitriles is 1. The van der Waals surface area contributed by atoms with Gasteiger partial charge in [-0.15, -0.1) is 0 Å². The summed E-state index contributed by atoms with van der Waals surface area (Å²) >= 11 is 0. The molecule has 1 aromatic carbocycles. The van der Waals surface area contributed by atoms with E-state index in [1.165, 1.54) is 19.4 Å². The molecule has 0 radical (unpaired) electrons. The summed E-state index contributed by atoms with van der Waals surface area (Å²) in [4.78, 5) is 13.7. The van der Waals surface area contributed by atoms with Crippen LogP contribution in [-0.2, 0) is 19.0 Å². The van der Waals surface area contributed by atoms with Gasteiger partial charge in [-0.05, 0) is 38.0 Å². The van der Waals surface area contributed by atoms with Gasteiger partial charge in [0, 0.05) is 13.3 Å². The smallest absolute Gasteiger partial charge is 0.257 e. The van der Waals surface area contributed by atoms with Crippen molar-refractivity contribution in [3.63, 3.8) is 0 Å². The number of benzene rings is 1. The number of carbonyl (C=O) groups excluding carboxylic acids is 1. The summed E-state index contributed by atoms with van der Waals surface area (Å²) in [5.74, 6) is -1.37. The summed E-state index contributed by atoms with van der Waals surface area (Å²) in [5, 5.41) is 30.7. The highest BCUT2D eigenvalue weighted by Gasteiger charge is 2.36. The summed E-state index contributed by atoms with van der Waals surface area (Å²) in [6.07, 6.45) is -0.214. The Morgan fingerprint density at radius 2 is 2.07 bits per heavy atom. The van der Waals surface area contributed by atoms with Crippen LogP contribution in [0.25, 0.3) is 0 Å². The van der Waals surface area contributed by atoms with Crippen molar-refractivity contribution in [2.45, 2.75) is 44.9 Å². The number of nitrogens with zero attached hydrogens (tertiary/aromatic N) is 2. The number of allylic oxidation sites excluding steroid dienone is 1. The van der Waals surface area contributed by atoms with E-state index < -0.39 is 30.0 Å². The number of ether oxygens (including phenoxy) is 3. The molecule has 1 aliphatic heterocycles. The molecule has 0 unspecified atom stereocenters. The molecule has 8 nitrogen and oxygen atoms in total. The first kappa shape index (κ1) is 23.7. The van der Waals surface area contributed by atoms with Crippen molar-refractivity contribution >= 4 is 5.91 Å². The van der Waals surface area contributed by atoms with Gasteiger partial charge in [0.05, 0.1) is 6.61 Å². The van der Waals surface area contributed by atoms with E-state index in [0.717, 1.165) is 4.90 Å². The summed E-state index contributed by atoms with van der Waals surface area (Å²) in [6, 6.07) is 10.9. The van der Waals surface area contributed by atoms with Gasteiger partial charge >= 0.3 is 0 Å². The van der Waals surface area contributed by atoms with E-state index in [-0.39, 0.29) is 18.9 Å². The zero-order chi connectivity index (χ0) is 22.3. The lowest BCUT2D eigenvalue weighted by molar-refractivity contribution is -0.147. The fourth-order valence-corrected chi connectivity index (χ4v) is 2.97. The number of rotatable bonds is 8. The molecule has 8 heteroatoms. The van der Waals surface area contributed by atoms with Crippen molar-refractivity contribution in [2.75, 3.05) is 20.3 Å². The molecule has 162 valence electrons. The number of aliphatic hydroxyl groups is 2. The molecule has 30 heavy (non-hydrogen) atoms. The minimum absolute atomic E-state index is 0.113. The van der Waals surface area contributed by atoms with Gasteiger partial charge in [0.1, 0.15) is 36.7 Å². The fraction of sp³-hybridized carbons (Fsp3) is 0.455. The van der Waals surface area contributed by atoms with Gasteiger partial charge in [0.25, 0.3) is 5.91 Å². The molecule has 1 saturated heterocycles. The second-order valence-corrected chi connectivity index (χ2v) is 7.40. The molecular weight excluding hydrogens is 388 g/mol. The molecule has 2 N–H and O–H groups in total. The number of carbonyl (C=O) groups is 1. The third-order valence-electron chi connectivity index (χ3n) is 4.53. The largest absolute Gasteiger partial charge is 0.386 e. The van der Waals surface area contributed by atoms with Crippen LogP contribution in [0.5, 0.6) is 0 Å². The Morgan fingerprint density at radius 3 is 2.60 bits per heavy atom. The fourth-order valence-electron chi connectivity index (χ4n) is 2.97. The average Bonchev–Trinajstić information content (AvgIpc) is 3.10. The summed E-state index contributed by atoms with van der Waals surface area (Å²) in [5.41, 5.74) is 0.965. The maximum atomic E-state index is 12.6. The predicted octanol–water partition coefficient (Wildman–Crippen LogP) is 2.02. The molecule has 0 bridgehead atoms. The molecule has 1 aromatic rings. The first-order valence-corrected chi connectivity index (χ1v) is 9.52. The van der Waals surface area contributed by atoms with Gasteiger partial charge in [-0.3, -0.25) is 9.69 Å². The Kier molecular flexibility index (Phi) is 8.29. The summed E-state index contributed by atoms with van der Waals surface area (Å²) < 4.78 is 16.0. The molecule has 1 aliphatic rings. The molecular formula is C22H28N2O6. The number of hydrogen-bond donors (Lipinski definition) is 2. The van der Waals surface area contributed by atoms with E-state index in [4.69, 9.17) is 14.2 Å². The van der Waals surface area contributed by atoms with Crippen LogP contribution in [0.3, 0.4) is 0 Å². The highest BCUT2D eigenvalue weighted by molar-refractivity contribution is 5.81. The minimum atomic E-state index is -1.17. The molecule has 2 rings (SSSR count). The Balaban J connectivity index is 2.32. The lowest BCUT2D eigenvalue weighted by Gasteiger charge is -2.22. The Hall–Kier alpha value is -2.54. The van der Waals surface area contributed by atoms with E-state index in [1.54, 1.807) is 45.0 Å². The van der Waals surface area contributed by atoms with Crippen molar-refractivity contribution in [3.05, 3.63) is 59.4 Å². The molecule has 1 heterocycles. The molecule has 1 fully saturated rings. The van der Waals surface area contributed by atoms with Crippen molar-refractivity contribution in [2.24, 2.45) is 0 Å².